The molecule has 1 unspecified atom stereocenters. The molecule has 1 aliphatic heterocycles. The molecule has 2 rings (SSSR count). The van der Waals surface area contributed by atoms with Crippen molar-refractivity contribution in [3.8, 4) is 11.5 Å². The topological polar surface area (TPSA) is 96.9 Å². The number of hydrogen-bond donors (Lipinski definition) is 3. The Morgan fingerprint density at radius 1 is 1.40 bits per heavy atom. The number of amides is 2. The fourth-order valence-electron chi connectivity index (χ4n) is 2.49. The molecule has 1 atom stereocenters. The first-order chi connectivity index (χ1) is 11.7. The van der Waals surface area contributed by atoms with Gasteiger partial charge in [-0.1, -0.05) is 25.4 Å². The zero-order chi connectivity index (χ0) is 18.7. The number of halogens is 1. The quantitative estimate of drug-likeness (QED) is 0.694. The van der Waals surface area contributed by atoms with Crippen LogP contribution in [0.4, 0.5) is 4.79 Å². The summed E-state index contributed by atoms with van der Waals surface area (Å²) in [7, 11) is 1.38. The Morgan fingerprint density at radius 3 is 2.68 bits per heavy atom. The van der Waals surface area contributed by atoms with E-state index >= 15 is 0 Å². The number of esters is 1. The molecule has 0 spiro atoms. The third-order valence-electron chi connectivity index (χ3n) is 3.64. The highest BCUT2D eigenvalue weighted by molar-refractivity contribution is 6.30. The SMILES string of the molecule is COc1cc(Cl)cc(C2NC(=O)NC(C)=C2C(=O)OCC(C)C)c1O. The van der Waals surface area contributed by atoms with E-state index in [2.05, 4.69) is 10.6 Å². The van der Waals surface area contributed by atoms with E-state index in [-0.39, 0.29) is 35.2 Å². The van der Waals surface area contributed by atoms with Gasteiger partial charge in [0.2, 0.25) is 0 Å². The average molecular weight is 369 g/mol. The minimum absolute atomic E-state index is 0.142. The maximum Gasteiger partial charge on any atom is 0.338 e. The minimum Gasteiger partial charge on any atom is -0.504 e. The van der Waals surface area contributed by atoms with E-state index in [4.69, 9.17) is 21.1 Å². The number of nitrogens with one attached hydrogen (secondary N) is 2. The molecule has 1 aromatic carbocycles. The van der Waals surface area contributed by atoms with Gasteiger partial charge in [-0.05, 0) is 18.9 Å². The van der Waals surface area contributed by atoms with Crippen LogP contribution in [0.1, 0.15) is 32.4 Å². The highest BCUT2D eigenvalue weighted by atomic mass is 35.5. The zero-order valence-corrected chi connectivity index (χ0v) is 15.2. The van der Waals surface area contributed by atoms with Crippen molar-refractivity contribution in [1.29, 1.82) is 0 Å². The summed E-state index contributed by atoms with van der Waals surface area (Å²) >= 11 is 6.07. The Kier molecular flexibility index (Phi) is 5.79. The number of carbonyl (C=O) groups excluding carboxylic acids is 2. The Morgan fingerprint density at radius 2 is 2.08 bits per heavy atom. The Labute approximate surface area is 150 Å². The lowest BCUT2D eigenvalue weighted by atomic mass is 9.94. The van der Waals surface area contributed by atoms with Crippen LogP contribution in [-0.4, -0.2) is 30.8 Å². The molecule has 0 saturated heterocycles. The number of aromatic hydroxyl groups is 1. The van der Waals surface area contributed by atoms with Crippen LogP contribution in [0.15, 0.2) is 23.4 Å². The van der Waals surface area contributed by atoms with E-state index in [1.165, 1.54) is 19.2 Å². The molecule has 0 bridgehead atoms. The van der Waals surface area contributed by atoms with E-state index in [0.717, 1.165) is 0 Å². The summed E-state index contributed by atoms with van der Waals surface area (Å²) in [6.45, 7) is 5.67. The summed E-state index contributed by atoms with van der Waals surface area (Å²) < 4.78 is 10.4. The first-order valence-corrected chi connectivity index (χ1v) is 8.14. The number of carbonyl (C=O) groups is 2. The third-order valence-corrected chi connectivity index (χ3v) is 3.86. The summed E-state index contributed by atoms with van der Waals surface area (Å²) in [6, 6.07) is 1.50. The Hall–Kier alpha value is -2.41. The first-order valence-electron chi connectivity index (χ1n) is 7.76. The first kappa shape index (κ1) is 18.9. The molecule has 7 nitrogen and oxygen atoms in total. The molecule has 0 radical (unpaired) electrons. The second-order valence-electron chi connectivity index (χ2n) is 6.11. The number of phenols is 1. The molecule has 1 heterocycles. The van der Waals surface area contributed by atoms with E-state index in [0.29, 0.717) is 10.7 Å². The number of urea groups is 1. The van der Waals surface area contributed by atoms with Crippen molar-refractivity contribution in [1.82, 2.24) is 10.6 Å². The van der Waals surface area contributed by atoms with Gasteiger partial charge in [-0.3, -0.25) is 0 Å². The van der Waals surface area contributed by atoms with Gasteiger partial charge in [0.05, 0.1) is 25.3 Å². The number of ether oxygens (including phenoxy) is 2. The molecule has 0 saturated carbocycles. The van der Waals surface area contributed by atoms with Crippen LogP contribution in [-0.2, 0) is 9.53 Å². The van der Waals surface area contributed by atoms with Crippen LogP contribution in [0, 0.1) is 5.92 Å². The van der Waals surface area contributed by atoms with Crippen molar-refractivity contribution < 1.29 is 24.2 Å². The van der Waals surface area contributed by atoms with Crippen molar-refractivity contribution in [3.05, 3.63) is 34.0 Å². The van der Waals surface area contributed by atoms with Crippen LogP contribution in [0.2, 0.25) is 5.02 Å². The molecule has 0 fully saturated rings. The van der Waals surface area contributed by atoms with Crippen LogP contribution < -0.4 is 15.4 Å². The fourth-order valence-corrected chi connectivity index (χ4v) is 2.70. The molecule has 1 aliphatic rings. The lowest BCUT2D eigenvalue weighted by Gasteiger charge is -2.29. The van der Waals surface area contributed by atoms with E-state index in [9.17, 15) is 14.7 Å². The van der Waals surface area contributed by atoms with Gasteiger partial charge in [-0.25, -0.2) is 9.59 Å². The molecule has 0 aromatic heterocycles. The average Bonchev–Trinajstić information content (AvgIpc) is 2.53. The van der Waals surface area contributed by atoms with Crippen LogP contribution >= 0.6 is 11.6 Å². The van der Waals surface area contributed by atoms with Crippen molar-refractivity contribution >= 4 is 23.6 Å². The molecule has 25 heavy (non-hydrogen) atoms. The standard InChI is InChI=1S/C17H21ClN2O5/c1-8(2)7-25-16(22)13-9(3)19-17(23)20-14(13)11-5-10(18)6-12(24-4)15(11)21/h5-6,8,14,21H,7H2,1-4H3,(H2,19,20,23). The maximum atomic E-state index is 12.5. The summed E-state index contributed by atoms with van der Waals surface area (Å²) in [5, 5.41) is 15.9. The van der Waals surface area contributed by atoms with E-state index < -0.39 is 18.0 Å². The molecule has 8 heteroatoms. The van der Waals surface area contributed by atoms with Crippen LogP contribution in [0.5, 0.6) is 11.5 Å². The van der Waals surface area contributed by atoms with Gasteiger partial charge < -0.3 is 25.2 Å². The molecule has 136 valence electrons. The zero-order valence-electron chi connectivity index (χ0n) is 14.5. The summed E-state index contributed by atoms with van der Waals surface area (Å²) in [6.07, 6.45) is 0. The van der Waals surface area contributed by atoms with Crippen molar-refractivity contribution in [2.24, 2.45) is 5.92 Å². The number of phenolic OH excluding ortho intramolecular Hbond substituents is 1. The predicted molar refractivity (Wildman–Crippen MR) is 92.6 cm³/mol. The van der Waals surface area contributed by atoms with Crippen LogP contribution in [0.3, 0.4) is 0 Å². The minimum atomic E-state index is -0.916. The number of allylic oxidation sites excluding steroid dienone is 1. The van der Waals surface area contributed by atoms with E-state index in [1.54, 1.807) is 6.92 Å². The van der Waals surface area contributed by atoms with Gasteiger partial charge in [0.1, 0.15) is 0 Å². The molecule has 0 aliphatic carbocycles. The normalized spacial score (nSPS) is 17.2. The summed E-state index contributed by atoms with van der Waals surface area (Å²) in [4.78, 5) is 24.4. The highest BCUT2D eigenvalue weighted by Gasteiger charge is 2.34. The molecular formula is C17H21ClN2O5. The highest BCUT2D eigenvalue weighted by Crippen LogP contribution is 2.40. The molecule has 3 N–H and O–H groups in total. The van der Waals surface area contributed by atoms with Gasteiger partial charge >= 0.3 is 12.0 Å². The third kappa shape index (κ3) is 4.17. The van der Waals surface area contributed by atoms with Gasteiger partial charge in [-0.15, -0.1) is 0 Å². The van der Waals surface area contributed by atoms with Crippen molar-refractivity contribution in [2.75, 3.05) is 13.7 Å². The van der Waals surface area contributed by atoms with Crippen LogP contribution in [0.25, 0.3) is 0 Å². The van der Waals surface area contributed by atoms with Crippen molar-refractivity contribution in [3.63, 3.8) is 0 Å². The summed E-state index contributed by atoms with van der Waals surface area (Å²) in [5.41, 5.74) is 0.788. The Balaban J connectivity index is 2.50. The number of hydrogen-bond acceptors (Lipinski definition) is 5. The second kappa shape index (κ2) is 7.65. The molecule has 2 amide bonds. The number of methoxy groups -OCH3 is 1. The molecule has 1 aromatic rings. The van der Waals surface area contributed by atoms with Gasteiger partial charge in [-0.2, -0.15) is 0 Å². The Bertz CT molecular complexity index is 730. The fraction of sp³-hybridized carbons (Fsp3) is 0.412. The monoisotopic (exact) mass is 368 g/mol. The summed E-state index contributed by atoms with van der Waals surface area (Å²) in [5.74, 6) is -0.486. The smallest absolute Gasteiger partial charge is 0.338 e. The number of rotatable bonds is 5. The largest absolute Gasteiger partial charge is 0.504 e. The predicted octanol–water partition coefficient (Wildman–Crippen LogP) is 2.88. The maximum absolute atomic E-state index is 12.5. The van der Waals surface area contributed by atoms with Gasteiger partial charge in [0.25, 0.3) is 0 Å². The van der Waals surface area contributed by atoms with Gasteiger partial charge in [0.15, 0.2) is 11.5 Å². The van der Waals surface area contributed by atoms with E-state index in [1.807, 2.05) is 13.8 Å². The van der Waals surface area contributed by atoms with Gasteiger partial charge in [0, 0.05) is 22.3 Å². The number of benzene rings is 1. The van der Waals surface area contributed by atoms with Crippen molar-refractivity contribution in [2.45, 2.75) is 26.8 Å². The lowest BCUT2D eigenvalue weighted by molar-refractivity contribution is -0.140. The molecular weight excluding hydrogens is 348 g/mol. The second-order valence-corrected chi connectivity index (χ2v) is 6.54. The lowest BCUT2D eigenvalue weighted by Crippen LogP contribution is -2.45.